The minimum Gasteiger partial charge on any atom is -0.479 e. The van der Waals surface area contributed by atoms with Crippen LogP contribution in [0.1, 0.15) is 36.7 Å². The molecule has 0 bridgehead atoms. The summed E-state index contributed by atoms with van der Waals surface area (Å²) in [6.45, 7) is 1.21. The van der Waals surface area contributed by atoms with E-state index in [9.17, 15) is 13.9 Å². The lowest BCUT2D eigenvalue weighted by Gasteiger charge is -2.33. The number of anilines is 1. The Hall–Kier alpha value is -3.34. The first kappa shape index (κ1) is 18.1. The molecular weight excluding hydrogens is 432 g/mol. The van der Waals surface area contributed by atoms with Gasteiger partial charge in [-0.2, -0.15) is 4.98 Å². The molecule has 1 aromatic carbocycles. The Morgan fingerprint density at radius 1 is 1.33 bits per heavy atom. The second kappa shape index (κ2) is 8.22. The fraction of sp³-hybridized carbons (Fsp3) is 0.455. The predicted octanol–water partition coefficient (Wildman–Crippen LogP) is 3.52. The minimum absolute atomic E-state index is 0.0170. The van der Waals surface area contributed by atoms with E-state index >= 15 is 0 Å². The van der Waals surface area contributed by atoms with E-state index in [2.05, 4.69) is 25.7 Å². The number of ether oxygens (including phenoxy) is 1. The molecule has 0 aliphatic heterocycles. The second-order valence-corrected chi connectivity index (χ2v) is 8.65. The van der Waals surface area contributed by atoms with Crippen molar-refractivity contribution in [1.82, 2.24) is 29.6 Å². The topological polar surface area (TPSA) is 102 Å². The van der Waals surface area contributed by atoms with Crippen LogP contribution in [0.5, 0.6) is 5.88 Å². The number of halogens is 2. The minimum atomic E-state index is -2.76. The van der Waals surface area contributed by atoms with Crippen molar-refractivity contribution < 1.29 is 22.7 Å². The summed E-state index contributed by atoms with van der Waals surface area (Å²) in [5.74, 6) is 0.0553. The molecule has 0 spiro atoms. The molecule has 0 radical (unpaired) electrons. The van der Waals surface area contributed by atoms with Crippen LogP contribution < -0.4 is 10.1 Å². The summed E-state index contributed by atoms with van der Waals surface area (Å²) in [5.41, 5.74) is 1.65. The van der Waals surface area contributed by atoms with Crippen molar-refractivity contribution in [2.45, 2.75) is 57.2 Å². The molecule has 0 saturated heterocycles. The Balaban J connectivity index is 1.54. The van der Waals surface area contributed by atoms with Crippen LogP contribution >= 0.6 is 0 Å². The molecule has 1 aliphatic carbocycles. The van der Waals surface area contributed by atoms with Crippen molar-refractivity contribution >= 4 is 22.5 Å². The third-order valence-corrected chi connectivity index (χ3v) is 6.11. The highest BCUT2D eigenvalue weighted by atomic mass is 19.3. The summed E-state index contributed by atoms with van der Waals surface area (Å²) in [7, 11) is -2.76. The van der Waals surface area contributed by atoms with Gasteiger partial charge in [0.25, 0.3) is 6.43 Å². The van der Waals surface area contributed by atoms with Crippen LogP contribution in [-0.2, 0) is 6.54 Å². The van der Waals surface area contributed by atoms with Crippen molar-refractivity contribution in [2.24, 2.45) is 0 Å². The van der Waals surface area contributed by atoms with Gasteiger partial charge in [0, 0.05) is 17.8 Å². The average molecular weight is 461 g/mol. The molecule has 2 N–H and O–H groups in total. The van der Waals surface area contributed by atoms with Crippen LogP contribution in [0.3, 0.4) is 0 Å². The molecule has 0 unspecified atom stereocenters. The number of methoxy groups -OCH3 is 1. The quantitative estimate of drug-likeness (QED) is 0.454. The lowest BCUT2D eigenvalue weighted by molar-refractivity contribution is 0.0195. The molecule has 1 aliphatic rings. The number of rotatable bonds is 6. The Morgan fingerprint density at radius 3 is 2.91 bits per heavy atom. The maximum absolute atomic E-state index is 13.0. The number of benzene rings is 1. The zero-order chi connectivity index (χ0) is 25.7. The molecule has 0 amide bonds. The number of aromatic nitrogens is 6. The third-order valence-electron chi connectivity index (χ3n) is 6.11. The van der Waals surface area contributed by atoms with Crippen LogP contribution in [-0.4, -0.2) is 59.8 Å². The Kier molecular flexibility index (Phi) is 4.51. The van der Waals surface area contributed by atoms with E-state index in [1.165, 1.54) is 4.52 Å². The number of nitrogens with zero attached hydrogens (tertiary/aromatic N) is 6. The highest BCUT2D eigenvalue weighted by Crippen LogP contribution is 2.34. The lowest BCUT2D eigenvalue weighted by Crippen LogP contribution is -2.36. The molecule has 1 fully saturated rings. The first-order chi connectivity index (χ1) is 17.0. The van der Waals surface area contributed by atoms with Crippen molar-refractivity contribution in [3.05, 3.63) is 30.5 Å². The fourth-order valence-electron chi connectivity index (χ4n) is 4.32. The van der Waals surface area contributed by atoms with Gasteiger partial charge in [-0.25, -0.2) is 18.0 Å². The smallest absolute Gasteiger partial charge is 0.258 e. The van der Waals surface area contributed by atoms with Gasteiger partial charge in [-0.3, -0.25) is 0 Å². The number of hydrogen-bond acceptors (Lipinski definition) is 7. The van der Waals surface area contributed by atoms with Gasteiger partial charge in [0.15, 0.2) is 0 Å². The van der Waals surface area contributed by atoms with E-state index in [0.717, 1.165) is 4.68 Å². The van der Waals surface area contributed by atoms with Gasteiger partial charge >= 0.3 is 0 Å². The normalized spacial score (nSPS) is 22.9. The summed E-state index contributed by atoms with van der Waals surface area (Å²) in [5, 5.41) is 25.6. The highest BCUT2D eigenvalue weighted by Gasteiger charge is 2.29. The molecule has 5 rings (SSSR count). The van der Waals surface area contributed by atoms with Crippen molar-refractivity contribution in [3.8, 4) is 17.0 Å². The molecule has 3 aromatic heterocycles. The molecule has 1 saturated carbocycles. The third kappa shape index (κ3) is 4.20. The van der Waals surface area contributed by atoms with Crippen LogP contribution in [0, 0.1) is 0 Å². The number of hydrogen-bond donors (Lipinski definition) is 2. The van der Waals surface area contributed by atoms with Gasteiger partial charge in [0.1, 0.15) is 17.6 Å². The van der Waals surface area contributed by atoms with Crippen molar-refractivity contribution in [3.63, 3.8) is 0 Å². The van der Waals surface area contributed by atoms with Crippen molar-refractivity contribution in [2.75, 3.05) is 12.4 Å². The van der Waals surface area contributed by atoms with E-state index < -0.39 is 25.6 Å². The summed E-state index contributed by atoms with van der Waals surface area (Å²) in [6.07, 6.45) is 1.72. The second-order valence-electron chi connectivity index (χ2n) is 8.65. The predicted molar refractivity (Wildman–Crippen MR) is 119 cm³/mol. The SMILES string of the molecule is [2H]C([2H])([2H])Oc1nc(NC2CCC(C)(O)CC2)nn2ccc(-c3ccc4nnn(CC(F)F)c4c3)c12. The first-order valence-electron chi connectivity index (χ1n) is 12.2. The molecule has 4 aromatic rings. The maximum atomic E-state index is 13.0. The number of aliphatic hydroxyl groups is 1. The molecular formula is C22H25F2N7O2. The van der Waals surface area contributed by atoms with Gasteiger partial charge in [0.2, 0.25) is 11.8 Å². The summed E-state index contributed by atoms with van der Waals surface area (Å²) < 4.78 is 56.7. The van der Waals surface area contributed by atoms with E-state index in [-0.39, 0.29) is 17.9 Å². The monoisotopic (exact) mass is 460 g/mol. The number of fused-ring (bicyclic) bond motifs is 2. The van der Waals surface area contributed by atoms with E-state index in [0.29, 0.717) is 53.4 Å². The van der Waals surface area contributed by atoms with Gasteiger partial charge in [-0.15, -0.1) is 10.2 Å². The average Bonchev–Trinajstić information content (AvgIpc) is 3.38. The van der Waals surface area contributed by atoms with Gasteiger partial charge in [-0.1, -0.05) is 11.3 Å². The maximum Gasteiger partial charge on any atom is 0.258 e. The molecule has 33 heavy (non-hydrogen) atoms. The van der Waals surface area contributed by atoms with E-state index in [4.69, 9.17) is 8.85 Å². The van der Waals surface area contributed by atoms with Gasteiger partial charge in [0.05, 0.1) is 22.3 Å². The van der Waals surface area contributed by atoms with Gasteiger partial charge in [-0.05, 0) is 56.4 Å². The lowest BCUT2D eigenvalue weighted by atomic mass is 9.84. The summed E-state index contributed by atoms with van der Waals surface area (Å²) in [6, 6.07) is 6.79. The zero-order valence-electron chi connectivity index (χ0n) is 20.9. The Labute approximate surface area is 192 Å². The number of alkyl halides is 2. The fourth-order valence-corrected chi connectivity index (χ4v) is 4.32. The molecule has 174 valence electrons. The highest BCUT2D eigenvalue weighted by molar-refractivity contribution is 5.89. The summed E-state index contributed by atoms with van der Waals surface area (Å²) >= 11 is 0. The summed E-state index contributed by atoms with van der Waals surface area (Å²) in [4.78, 5) is 4.37. The van der Waals surface area contributed by atoms with Gasteiger partial charge < -0.3 is 15.2 Å². The molecule has 9 nitrogen and oxygen atoms in total. The zero-order valence-corrected chi connectivity index (χ0v) is 17.9. The standard InChI is InChI=1S/C22H25F2N7O2/c1-22(32)8-5-14(6-9-22)25-21-26-20(33-2)19-15(7-10-30(19)28-21)13-3-4-16-17(11-13)31(29-27-16)12-18(23)24/h3-4,7,10-11,14,18,32H,5-6,8-9,12H2,1-2H3,(H,25,28)/i2D3. The molecule has 3 heterocycles. The van der Waals surface area contributed by atoms with Crippen molar-refractivity contribution in [1.29, 1.82) is 0 Å². The molecule has 0 atom stereocenters. The first-order valence-corrected chi connectivity index (χ1v) is 10.7. The Bertz CT molecular complexity index is 1390. The molecule has 11 heteroatoms. The Morgan fingerprint density at radius 2 is 2.15 bits per heavy atom. The van der Waals surface area contributed by atoms with E-state index in [1.807, 2.05) is 6.92 Å². The van der Waals surface area contributed by atoms with Crippen LogP contribution in [0.4, 0.5) is 14.7 Å². The van der Waals surface area contributed by atoms with Crippen LogP contribution in [0.2, 0.25) is 0 Å². The van der Waals surface area contributed by atoms with E-state index in [1.54, 1.807) is 30.5 Å². The van der Waals surface area contributed by atoms with Crippen LogP contribution in [0.25, 0.3) is 27.7 Å². The largest absolute Gasteiger partial charge is 0.479 e. The number of nitrogens with one attached hydrogen (secondary N) is 1. The van der Waals surface area contributed by atoms with Crippen LogP contribution in [0.15, 0.2) is 30.5 Å².